The van der Waals surface area contributed by atoms with Crippen molar-refractivity contribution in [1.29, 1.82) is 0 Å². The zero-order chi connectivity index (χ0) is 18.8. The number of hydrogen-bond donors (Lipinski definition) is 1. The highest BCUT2D eigenvalue weighted by Gasteiger charge is 2.11. The number of nitrogens with one attached hydrogen (secondary N) is 1. The van der Waals surface area contributed by atoms with Crippen LogP contribution in [-0.2, 0) is 6.42 Å². The fraction of sp³-hybridized carbons (Fsp3) is 0.136. The minimum Gasteiger partial charge on any atom is -0.338 e. The van der Waals surface area contributed by atoms with Crippen LogP contribution in [0.5, 0.6) is 0 Å². The van der Waals surface area contributed by atoms with Gasteiger partial charge in [0.05, 0.1) is 17.4 Å². The van der Waals surface area contributed by atoms with E-state index in [1.165, 1.54) is 22.5 Å². The Hall–Kier alpha value is -3.05. The van der Waals surface area contributed by atoms with Gasteiger partial charge in [0, 0.05) is 17.4 Å². The van der Waals surface area contributed by atoms with Gasteiger partial charge in [-0.25, -0.2) is 9.97 Å². The van der Waals surface area contributed by atoms with Crippen LogP contribution in [-0.4, -0.2) is 20.7 Å². The number of benzene rings is 2. The molecule has 2 heterocycles. The maximum Gasteiger partial charge on any atom is 0.186 e. The molecule has 0 saturated carbocycles. The summed E-state index contributed by atoms with van der Waals surface area (Å²) < 4.78 is 0. The lowest BCUT2D eigenvalue weighted by Gasteiger charge is -2.04. The Morgan fingerprint density at radius 3 is 2.63 bits per heavy atom. The molecule has 2 aromatic carbocycles. The van der Waals surface area contributed by atoms with Gasteiger partial charge in [-0.05, 0) is 36.6 Å². The second-order valence-corrected chi connectivity index (χ2v) is 7.35. The first-order valence-corrected chi connectivity index (χ1v) is 9.68. The third kappa shape index (κ3) is 3.73. The predicted octanol–water partition coefficient (Wildman–Crippen LogP) is 5.24. The van der Waals surface area contributed by atoms with E-state index in [2.05, 4.69) is 47.0 Å². The molecule has 134 valence electrons. The second kappa shape index (κ2) is 7.29. The van der Waals surface area contributed by atoms with E-state index >= 15 is 0 Å². The first kappa shape index (κ1) is 17.4. The van der Waals surface area contributed by atoms with Crippen molar-refractivity contribution in [1.82, 2.24) is 15.0 Å². The lowest BCUT2D eigenvalue weighted by Crippen LogP contribution is -2.03. The zero-order valence-corrected chi connectivity index (χ0v) is 16.0. The number of carbonyl (C=O) groups excluding carboxylic acids is 1. The summed E-state index contributed by atoms with van der Waals surface area (Å²) in [7, 11) is 0. The lowest BCUT2D eigenvalue weighted by molar-refractivity contribution is 0.0989. The summed E-state index contributed by atoms with van der Waals surface area (Å²) in [4.78, 5) is 24.2. The molecule has 5 heteroatoms. The van der Waals surface area contributed by atoms with E-state index < -0.39 is 0 Å². The fourth-order valence-electron chi connectivity index (χ4n) is 3.02. The molecule has 0 aliphatic carbocycles. The standard InChI is InChI=1S/C22H19N3OS/c1-14-3-4-15(2)18(9-14)22-23-11-19(25-22)17-7-5-16(6-8-17)10-21(26)20-12-27-13-24-20/h3-9,11-13H,10H2,1-2H3,(H,23,25). The van der Waals surface area contributed by atoms with Crippen molar-refractivity contribution < 1.29 is 4.79 Å². The van der Waals surface area contributed by atoms with Gasteiger partial charge in [0.2, 0.25) is 0 Å². The van der Waals surface area contributed by atoms with E-state index in [1.807, 2.05) is 30.5 Å². The van der Waals surface area contributed by atoms with Crippen molar-refractivity contribution in [2.75, 3.05) is 0 Å². The molecule has 0 fully saturated rings. The molecule has 0 aliphatic rings. The van der Waals surface area contributed by atoms with Crippen LogP contribution in [0.1, 0.15) is 27.2 Å². The Morgan fingerprint density at radius 2 is 1.89 bits per heavy atom. The highest BCUT2D eigenvalue weighted by atomic mass is 32.1. The molecule has 0 spiro atoms. The average molecular weight is 373 g/mol. The van der Waals surface area contributed by atoms with Crippen LogP contribution < -0.4 is 0 Å². The van der Waals surface area contributed by atoms with E-state index in [0.717, 1.165) is 28.2 Å². The molecule has 4 aromatic rings. The smallest absolute Gasteiger partial charge is 0.186 e. The number of ketones is 1. The molecule has 0 unspecified atom stereocenters. The maximum absolute atomic E-state index is 12.2. The summed E-state index contributed by atoms with van der Waals surface area (Å²) in [6, 6.07) is 14.4. The van der Waals surface area contributed by atoms with Gasteiger partial charge in [-0.1, -0.05) is 42.0 Å². The summed E-state index contributed by atoms with van der Waals surface area (Å²) in [5, 5.41) is 1.79. The molecule has 0 amide bonds. The number of H-pyrrole nitrogens is 1. The van der Waals surface area contributed by atoms with Crippen LogP contribution in [0, 0.1) is 13.8 Å². The first-order chi connectivity index (χ1) is 13.1. The molecule has 27 heavy (non-hydrogen) atoms. The minimum atomic E-state index is 0.0442. The number of aromatic amines is 1. The first-order valence-electron chi connectivity index (χ1n) is 8.73. The molecule has 0 saturated heterocycles. The largest absolute Gasteiger partial charge is 0.338 e. The van der Waals surface area contributed by atoms with Crippen LogP contribution in [0.2, 0.25) is 0 Å². The van der Waals surface area contributed by atoms with Gasteiger partial charge >= 0.3 is 0 Å². The number of nitrogens with zero attached hydrogens (tertiary/aromatic N) is 2. The lowest BCUT2D eigenvalue weighted by atomic mass is 10.0. The Labute approximate surface area is 162 Å². The molecule has 0 atom stereocenters. The number of aryl methyl sites for hydroxylation is 2. The summed E-state index contributed by atoms with van der Waals surface area (Å²) in [6.07, 6.45) is 2.22. The molecule has 4 nitrogen and oxygen atoms in total. The van der Waals surface area contributed by atoms with Crippen LogP contribution >= 0.6 is 11.3 Å². The Balaban J connectivity index is 1.54. The number of imidazole rings is 1. The second-order valence-electron chi connectivity index (χ2n) is 6.63. The highest BCUT2D eigenvalue weighted by Crippen LogP contribution is 2.25. The molecule has 2 aromatic heterocycles. The summed E-state index contributed by atoms with van der Waals surface area (Å²) >= 11 is 1.44. The summed E-state index contributed by atoms with van der Waals surface area (Å²) in [5.41, 5.74) is 8.73. The molecule has 4 rings (SSSR count). The van der Waals surface area contributed by atoms with E-state index in [9.17, 15) is 4.79 Å². The van der Waals surface area contributed by atoms with Crippen molar-refractivity contribution in [3.63, 3.8) is 0 Å². The van der Waals surface area contributed by atoms with Crippen LogP contribution in [0.3, 0.4) is 0 Å². The third-order valence-electron chi connectivity index (χ3n) is 4.57. The van der Waals surface area contributed by atoms with Gasteiger partial charge in [-0.3, -0.25) is 4.79 Å². The average Bonchev–Trinajstić information content (AvgIpc) is 3.36. The van der Waals surface area contributed by atoms with Crippen LogP contribution in [0.4, 0.5) is 0 Å². The third-order valence-corrected chi connectivity index (χ3v) is 5.16. The number of thiazole rings is 1. The molecular formula is C22H19N3OS. The predicted molar refractivity (Wildman–Crippen MR) is 109 cm³/mol. The molecular weight excluding hydrogens is 354 g/mol. The Kier molecular flexibility index (Phi) is 4.69. The molecule has 0 aliphatic heterocycles. The minimum absolute atomic E-state index is 0.0442. The number of hydrogen-bond acceptors (Lipinski definition) is 4. The monoisotopic (exact) mass is 373 g/mol. The van der Waals surface area contributed by atoms with Crippen molar-refractivity contribution in [3.05, 3.63) is 81.9 Å². The van der Waals surface area contributed by atoms with Gasteiger partial charge in [0.1, 0.15) is 11.5 Å². The van der Waals surface area contributed by atoms with Crippen LogP contribution in [0.15, 0.2) is 59.6 Å². The van der Waals surface area contributed by atoms with Crippen LogP contribution in [0.25, 0.3) is 22.6 Å². The quantitative estimate of drug-likeness (QED) is 0.487. The van der Waals surface area contributed by atoms with Gasteiger partial charge in [0.25, 0.3) is 0 Å². The van der Waals surface area contributed by atoms with E-state index in [-0.39, 0.29) is 5.78 Å². The number of aromatic nitrogens is 3. The number of Topliss-reactive ketones (excluding diaryl/α,β-unsaturated/α-hetero) is 1. The van der Waals surface area contributed by atoms with Gasteiger partial charge in [0.15, 0.2) is 5.78 Å². The van der Waals surface area contributed by atoms with Gasteiger partial charge in [-0.2, -0.15) is 0 Å². The summed E-state index contributed by atoms with van der Waals surface area (Å²) in [6.45, 7) is 4.17. The van der Waals surface area contributed by atoms with Crippen molar-refractivity contribution >= 4 is 17.1 Å². The molecule has 1 N–H and O–H groups in total. The zero-order valence-electron chi connectivity index (χ0n) is 15.2. The van der Waals surface area contributed by atoms with E-state index in [4.69, 9.17) is 0 Å². The van der Waals surface area contributed by atoms with E-state index in [1.54, 1.807) is 10.9 Å². The SMILES string of the molecule is Cc1ccc(C)c(-c2ncc(-c3ccc(CC(=O)c4cscn4)cc3)[nH]2)c1. The molecule has 0 radical (unpaired) electrons. The number of rotatable bonds is 5. The van der Waals surface area contributed by atoms with Gasteiger partial charge < -0.3 is 4.98 Å². The Morgan fingerprint density at radius 1 is 1.07 bits per heavy atom. The summed E-state index contributed by atoms with van der Waals surface area (Å²) in [5.74, 6) is 0.914. The van der Waals surface area contributed by atoms with Crippen molar-refractivity contribution in [3.8, 4) is 22.6 Å². The van der Waals surface area contributed by atoms with Crippen molar-refractivity contribution in [2.45, 2.75) is 20.3 Å². The fourth-order valence-corrected chi connectivity index (χ4v) is 3.58. The van der Waals surface area contributed by atoms with E-state index in [0.29, 0.717) is 12.1 Å². The normalized spacial score (nSPS) is 10.9. The van der Waals surface area contributed by atoms with Crippen molar-refractivity contribution in [2.24, 2.45) is 0 Å². The number of carbonyl (C=O) groups is 1. The topological polar surface area (TPSA) is 58.6 Å². The van der Waals surface area contributed by atoms with Gasteiger partial charge in [-0.15, -0.1) is 11.3 Å². The highest BCUT2D eigenvalue weighted by molar-refractivity contribution is 7.07. The maximum atomic E-state index is 12.2. The Bertz CT molecular complexity index is 1080. The molecule has 0 bridgehead atoms.